The van der Waals surface area contributed by atoms with Gasteiger partial charge in [0.15, 0.2) is 0 Å². The number of carbonyl (C=O) groups excluding carboxylic acids is 2. The summed E-state index contributed by atoms with van der Waals surface area (Å²) in [7, 11) is 1.75. The summed E-state index contributed by atoms with van der Waals surface area (Å²) < 4.78 is 17.5. The van der Waals surface area contributed by atoms with Gasteiger partial charge in [-0.1, -0.05) is 48.3 Å². The molecule has 2 aliphatic heterocycles. The Labute approximate surface area is 284 Å². The third-order valence-corrected chi connectivity index (χ3v) is 10.8. The fourth-order valence-corrected chi connectivity index (χ4v) is 7.81. The molecule has 10 nitrogen and oxygen atoms in total. The van der Waals surface area contributed by atoms with Gasteiger partial charge in [-0.15, -0.1) is 0 Å². The molecule has 0 radical (unpaired) electrons. The van der Waals surface area contributed by atoms with Crippen LogP contribution in [0.5, 0.6) is 0 Å². The predicted octanol–water partition coefficient (Wildman–Crippen LogP) is 6.13. The van der Waals surface area contributed by atoms with Crippen molar-refractivity contribution in [3.8, 4) is 0 Å². The number of hydrogen-bond acceptors (Lipinski definition) is 7. The minimum atomic E-state index is -0.742. The number of rotatable bonds is 10. The summed E-state index contributed by atoms with van der Waals surface area (Å²) in [6.07, 6.45) is 4.99. The molecule has 3 aromatic rings. The van der Waals surface area contributed by atoms with E-state index in [9.17, 15) is 19.5 Å². The largest absolute Gasteiger partial charge is 0.481 e. The number of nitrogens with one attached hydrogen (secondary N) is 1. The van der Waals surface area contributed by atoms with E-state index in [1.54, 1.807) is 25.3 Å². The second kappa shape index (κ2) is 14.5. The number of carbonyl (C=O) groups is 3. The number of benzene rings is 2. The third kappa shape index (κ3) is 7.47. The number of ether oxygens (including phenoxy) is 2. The molecule has 1 saturated carbocycles. The summed E-state index contributed by atoms with van der Waals surface area (Å²) in [5, 5.41) is 13.5. The van der Waals surface area contributed by atoms with Crippen molar-refractivity contribution in [1.82, 2.24) is 9.80 Å². The summed E-state index contributed by atoms with van der Waals surface area (Å²) in [5.74, 6) is -1.11. The molecule has 252 valence electrons. The Hall–Kier alpha value is -3.15. The van der Waals surface area contributed by atoms with Crippen LogP contribution in [0, 0.1) is 11.8 Å². The number of para-hydroxylation sites is 1. The minimum absolute atomic E-state index is 0.0117. The Morgan fingerprint density at radius 2 is 1.81 bits per heavy atom. The van der Waals surface area contributed by atoms with Crippen LogP contribution in [-0.4, -0.2) is 90.3 Å². The average molecular weight is 687 g/mol. The lowest BCUT2D eigenvalue weighted by atomic mass is 9.87. The van der Waals surface area contributed by atoms with Crippen molar-refractivity contribution in [3.05, 3.63) is 63.8 Å². The molecule has 2 saturated heterocycles. The molecule has 6 rings (SSSR count). The normalized spacial score (nSPS) is 26.6. The molecule has 4 atom stereocenters. The van der Waals surface area contributed by atoms with Gasteiger partial charge in [-0.3, -0.25) is 19.3 Å². The zero-order valence-electron chi connectivity index (χ0n) is 26.6. The van der Waals surface area contributed by atoms with Crippen LogP contribution in [0.25, 0.3) is 11.0 Å². The van der Waals surface area contributed by atoms with Crippen LogP contribution in [0.2, 0.25) is 10.0 Å². The number of aliphatic carboxylic acids is 1. The van der Waals surface area contributed by atoms with Crippen molar-refractivity contribution in [3.63, 3.8) is 0 Å². The van der Waals surface area contributed by atoms with Crippen LogP contribution >= 0.6 is 23.2 Å². The predicted molar refractivity (Wildman–Crippen MR) is 179 cm³/mol. The molecule has 0 bridgehead atoms. The van der Waals surface area contributed by atoms with Gasteiger partial charge in [0.1, 0.15) is 11.8 Å². The monoisotopic (exact) mass is 685 g/mol. The first-order chi connectivity index (χ1) is 22.6. The molecule has 3 aliphatic rings. The molecule has 3 heterocycles. The van der Waals surface area contributed by atoms with E-state index in [0.717, 1.165) is 19.5 Å². The number of anilines is 1. The first-order valence-electron chi connectivity index (χ1n) is 16.3. The van der Waals surface area contributed by atoms with E-state index < -0.39 is 5.97 Å². The molecular formula is C35H41Cl2N3O7. The number of carboxylic acids is 1. The van der Waals surface area contributed by atoms with Crippen LogP contribution in [0.3, 0.4) is 0 Å². The summed E-state index contributed by atoms with van der Waals surface area (Å²) in [6, 6.07) is 10.5. The van der Waals surface area contributed by atoms with Crippen molar-refractivity contribution >= 4 is 57.6 Å². The van der Waals surface area contributed by atoms with E-state index in [1.165, 1.54) is 6.26 Å². The van der Waals surface area contributed by atoms with Gasteiger partial charge in [0, 0.05) is 43.2 Å². The van der Waals surface area contributed by atoms with E-state index in [2.05, 4.69) is 17.1 Å². The molecule has 1 aliphatic carbocycles. The maximum atomic E-state index is 13.9. The zero-order valence-corrected chi connectivity index (χ0v) is 28.1. The highest BCUT2D eigenvalue weighted by Gasteiger charge is 2.42. The van der Waals surface area contributed by atoms with E-state index >= 15 is 0 Å². The highest BCUT2D eigenvalue weighted by Crippen LogP contribution is 2.34. The Morgan fingerprint density at radius 1 is 1.04 bits per heavy atom. The Kier molecular flexibility index (Phi) is 10.4. The molecule has 3 fully saturated rings. The first kappa shape index (κ1) is 33.7. The van der Waals surface area contributed by atoms with Crippen molar-refractivity contribution in [2.75, 3.05) is 38.7 Å². The maximum absolute atomic E-state index is 13.9. The number of hydrogen-bond donors (Lipinski definition) is 2. The molecule has 0 spiro atoms. The van der Waals surface area contributed by atoms with Gasteiger partial charge in [-0.2, -0.15) is 0 Å². The SMILES string of the molecule is CO[C@H]1CN([C@H]2C[C@@H](COC3CCC(C(=O)O)CC3)N(C(=O)Cc3cc(Cl)c(NC(=O)c4coc5ccccc45)cc3Cl)C2)C[C@H]1C. The van der Waals surface area contributed by atoms with E-state index in [1.807, 2.05) is 23.1 Å². The van der Waals surface area contributed by atoms with Crippen LogP contribution in [-0.2, 0) is 25.5 Å². The van der Waals surface area contributed by atoms with Gasteiger partial charge in [-0.25, -0.2) is 0 Å². The zero-order chi connectivity index (χ0) is 33.2. The fourth-order valence-electron chi connectivity index (χ4n) is 7.35. The lowest BCUT2D eigenvalue weighted by Gasteiger charge is -2.30. The van der Waals surface area contributed by atoms with E-state index in [4.69, 9.17) is 37.1 Å². The highest BCUT2D eigenvalue weighted by molar-refractivity contribution is 6.36. The maximum Gasteiger partial charge on any atom is 0.306 e. The van der Waals surface area contributed by atoms with Crippen LogP contribution < -0.4 is 5.32 Å². The van der Waals surface area contributed by atoms with Gasteiger partial charge >= 0.3 is 5.97 Å². The number of carboxylic acid groups (broad SMARTS) is 1. The van der Waals surface area contributed by atoms with Crippen LogP contribution in [0.15, 0.2) is 47.1 Å². The van der Waals surface area contributed by atoms with Crippen LogP contribution in [0.1, 0.15) is 54.9 Å². The average Bonchev–Trinajstić information content (AvgIpc) is 3.79. The molecular weight excluding hydrogens is 645 g/mol. The Balaban J connectivity index is 1.13. The van der Waals surface area contributed by atoms with Crippen molar-refractivity contribution in [2.45, 2.75) is 69.7 Å². The quantitative estimate of drug-likeness (QED) is 0.261. The molecule has 47 heavy (non-hydrogen) atoms. The first-order valence-corrected chi connectivity index (χ1v) is 17.0. The second-order valence-corrected chi connectivity index (χ2v) is 14.0. The lowest BCUT2D eigenvalue weighted by Crippen LogP contribution is -2.41. The number of likely N-dealkylation sites (tertiary alicyclic amines) is 2. The van der Waals surface area contributed by atoms with E-state index in [-0.39, 0.29) is 53.5 Å². The summed E-state index contributed by atoms with van der Waals surface area (Å²) in [6.45, 7) is 4.88. The minimum Gasteiger partial charge on any atom is -0.481 e. The lowest BCUT2D eigenvalue weighted by molar-refractivity contribution is -0.144. The number of methoxy groups -OCH3 is 1. The Bertz CT molecular complexity index is 1620. The molecule has 1 aromatic heterocycles. The van der Waals surface area contributed by atoms with Gasteiger partial charge < -0.3 is 29.2 Å². The Morgan fingerprint density at radius 3 is 2.53 bits per heavy atom. The summed E-state index contributed by atoms with van der Waals surface area (Å²) >= 11 is 13.3. The molecule has 2 N–H and O–H groups in total. The van der Waals surface area contributed by atoms with Gasteiger partial charge in [0.2, 0.25) is 5.91 Å². The van der Waals surface area contributed by atoms with Gasteiger partial charge in [-0.05, 0) is 61.8 Å². The van der Waals surface area contributed by atoms with Crippen molar-refractivity contribution in [1.29, 1.82) is 0 Å². The third-order valence-electron chi connectivity index (χ3n) is 10.1. The van der Waals surface area contributed by atoms with Crippen molar-refractivity contribution in [2.24, 2.45) is 11.8 Å². The number of fused-ring (bicyclic) bond motifs is 1. The summed E-state index contributed by atoms with van der Waals surface area (Å²) in [5.41, 5.74) is 1.89. The molecule has 0 unspecified atom stereocenters. The van der Waals surface area contributed by atoms with Gasteiger partial charge in [0.25, 0.3) is 5.91 Å². The second-order valence-electron chi connectivity index (χ2n) is 13.1. The van der Waals surface area contributed by atoms with E-state index in [0.29, 0.717) is 77.6 Å². The topological polar surface area (TPSA) is 122 Å². The molecule has 12 heteroatoms. The standard InChI is InChI=1S/C35H41Cl2N3O7/c1-20-15-39(17-32(20)45-2)23-13-24(18-46-25-9-7-21(8-10-25)35(43)44)40(16-23)33(41)12-22-11-29(37)30(14-28(22)36)38-34(42)27-19-47-31-6-4-3-5-26(27)31/h3-6,11,14,19-21,23-25,32H,7-10,12-13,15-18H2,1-2H3,(H,38,42)(H,43,44)/t20-,21?,23+,24+,25?,32+/m1/s1. The smallest absolute Gasteiger partial charge is 0.306 e. The highest BCUT2D eigenvalue weighted by atomic mass is 35.5. The van der Waals surface area contributed by atoms with Gasteiger partial charge in [0.05, 0.1) is 53.5 Å². The number of nitrogens with zero attached hydrogens (tertiary/aromatic N) is 2. The summed E-state index contributed by atoms with van der Waals surface area (Å²) in [4.78, 5) is 42.7. The molecule has 2 amide bonds. The van der Waals surface area contributed by atoms with Crippen LogP contribution in [0.4, 0.5) is 5.69 Å². The number of furan rings is 1. The fraction of sp³-hybridized carbons (Fsp3) is 0.514. The van der Waals surface area contributed by atoms with Crippen molar-refractivity contribution < 1.29 is 33.4 Å². The number of amides is 2. The number of halogens is 2. The molecule has 2 aromatic carbocycles.